The van der Waals surface area contributed by atoms with E-state index in [1.165, 1.54) is 18.7 Å². The molecule has 0 spiro atoms. The van der Waals surface area contributed by atoms with Gasteiger partial charge >= 0.3 is 5.69 Å². The smallest absolute Gasteiger partial charge is 0.312 e. The first-order chi connectivity index (χ1) is 9.69. The average molecular weight is 273 g/mol. The maximum Gasteiger partial charge on any atom is 0.312 e. The first-order valence-corrected chi connectivity index (χ1v) is 6.74. The molecule has 20 heavy (non-hydrogen) atoms. The highest BCUT2D eigenvalue weighted by Gasteiger charge is 2.38. The predicted molar refractivity (Wildman–Crippen MR) is 72.2 cm³/mol. The second-order valence-corrected chi connectivity index (χ2v) is 5.25. The summed E-state index contributed by atoms with van der Waals surface area (Å²) in [6.45, 7) is 2.15. The summed E-state index contributed by atoms with van der Waals surface area (Å²) < 4.78 is 0. The average Bonchev–Trinajstić information content (AvgIpc) is 3.04. The Morgan fingerprint density at radius 3 is 3.10 bits per heavy atom. The van der Waals surface area contributed by atoms with Gasteiger partial charge in [0.2, 0.25) is 5.82 Å². The van der Waals surface area contributed by atoms with Crippen LogP contribution >= 0.6 is 0 Å². The number of nitriles is 1. The number of hydrogen-bond acceptors (Lipinski definition) is 6. The van der Waals surface area contributed by atoms with E-state index in [1.54, 1.807) is 0 Å². The van der Waals surface area contributed by atoms with E-state index in [-0.39, 0.29) is 23.1 Å². The molecule has 1 N–H and O–H groups in total. The minimum Gasteiger partial charge on any atom is -0.360 e. The third-order valence-corrected chi connectivity index (χ3v) is 4.12. The van der Waals surface area contributed by atoms with Crippen molar-refractivity contribution in [3.8, 4) is 6.07 Å². The molecule has 0 aliphatic carbocycles. The minimum absolute atomic E-state index is 0.125. The van der Waals surface area contributed by atoms with E-state index >= 15 is 0 Å². The maximum atomic E-state index is 11.1. The van der Waals surface area contributed by atoms with Gasteiger partial charge in [-0.25, -0.2) is 4.98 Å². The number of nitro groups is 1. The number of rotatable bonds is 3. The van der Waals surface area contributed by atoms with Crippen LogP contribution in [0.4, 0.5) is 11.5 Å². The zero-order valence-corrected chi connectivity index (χ0v) is 11.0. The van der Waals surface area contributed by atoms with Gasteiger partial charge in [0.05, 0.1) is 10.5 Å². The number of anilines is 1. The number of aromatic nitrogens is 1. The van der Waals surface area contributed by atoms with Crippen LogP contribution < -0.4 is 5.32 Å². The molecule has 104 valence electrons. The minimum atomic E-state index is -0.489. The van der Waals surface area contributed by atoms with Crippen LogP contribution in [0.3, 0.4) is 0 Å². The van der Waals surface area contributed by atoms with Crippen molar-refractivity contribution in [2.45, 2.75) is 31.3 Å². The zero-order chi connectivity index (χ0) is 14.1. The SMILES string of the molecule is N#Cc1cnc(NC2CCN3CCCC23)c([N+](=O)[O-])c1. The van der Waals surface area contributed by atoms with Crippen LogP contribution in [0, 0.1) is 21.4 Å². The summed E-state index contributed by atoms with van der Waals surface area (Å²) in [5, 5.41) is 23.1. The summed E-state index contributed by atoms with van der Waals surface area (Å²) in [4.78, 5) is 17.1. The largest absolute Gasteiger partial charge is 0.360 e. The van der Waals surface area contributed by atoms with Crippen molar-refractivity contribution in [3.63, 3.8) is 0 Å². The van der Waals surface area contributed by atoms with Gasteiger partial charge in [-0.3, -0.25) is 15.0 Å². The van der Waals surface area contributed by atoms with Gasteiger partial charge in [0, 0.05) is 30.9 Å². The lowest BCUT2D eigenvalue weighted by molar-refractivity contribution is -0.384. The Morgan fingerprint density at radius 2 is 2.35 bits per heavy atom. The molecule has 2 aliphatic heterocycles. The highest BCUT2D eigenvalue weighted by molar-refractivity contribution is 5.59. The quantitative estimate of drug-likeness (QED) is 0.662. The second-order valence-electron chi connectivity index (χ2n) is 5.25. The molecule has 2 fully saturated rings. The van der Waals surface area contributed by atoms with Crippen LogP contribution in [-0.4, -0.2) is 40.0 Å². The van der Waals surface area contributed by atoms with Crippen molar-refractivity contribution < 1.29 is 4.92 Å². The van der Waals surface area contributed by atoms with Gasteiger partial charge in [-0.05, 0) is 25.8 Å². The maximum absolute atomic E-state index is 11.1. The van der Waals surface area contributed by atoms with Gasteiger partial charge in [0.25, 0.3) is 0 Å². The molecule has 2 aliphatic rings. The number of fused-ring (bicyclic) bond motifs is 1. The number of hydrogen-bond donors (Lipinski definition) is 1. The van der Waals surface area contributed by atoms with Gasteiger partial charge in [0.1, 0.15) is 6.07 Å². The van der Waals surface area contributed by atoms with E-state index in [1.807, 2.05) is 6.07 Å². The summed E-state index contributed by atoms with van der Waals surface area (Å²) in [5.74, 6) is 0.271. The molecule has 7 heteroatoms. The molecule has 0 aromatic carbocycles. The van der Waals surface area contributed by atoms with Gasteiger partial charge < -0.3 is 5.32 Å². The molecule has 3 rings (SSSR count). The summed E-state index contributed by atoms with van der Waals surface area (Å²) in [5.41, 5.74) is 0.0802. The molecule has 7 nitrogen and oxygen atoms in total. The second kappa shape index (κ2) is 5.06. The molecule has 1 aromatic rings. The van der Waals surface area contributed by atoms with Crippen LogP contribution in [0.15, 0.2) is 12.3 Å². The van der Waals surface area contributed by atoms with Crippen LogP contribution in [0.2, 0.25) is 0 Å². The van der Waals surface area contributed by atoms with E-state index in [9.17, 15) is 10.1 Å². The number of pyridine rings is 1. The predicted octanol–water partition coefficient (Wildman–Crippen LogP) is 1.51. The van der Waals surface area contributed by atoms with E-state index in [4.69, 9.17) is 5.26 Å². The Balaban J connectivity index is 1.84. The van der Waals surface area contributed by atoms with Crippen molar-refractivity contribution in [2.75, 3.05) is 18.4 Å². The first-order valence-electron chi connectivity index (χ1n) is 6.74. The molecule has 0 amide bonds. The fourth-order valence-corrected chi connectivity index (χ4v) is 3.19. The fraction of sp³-hybridized carbons (Fsp3) is 0.538. The summed E-state index contributed by atoms with van der Waals surface area (Å²) in [6, 6.07) is 3.81. The molecule has 1 aromatic heterocycles. The van der Waals surface area contributed by atoms with Crippen molar-refractivity contribution in [3.05, 3.63) is 27.9 Å². The normalized spacial score (nSPS) is 25.1. The molecule has 0 radical (unpaired) electrons. The summed E-state index contributed by atoms with van der Waals surface area (Å²) in [6.07, 6.45) is 4.66. The van der Waals surface area contributed by atoms with Crippen molar-refractivity contribution in [1.82, 2.24) is 9.88 Å². The lowest BCUT2D eigenvalue weighted by Crippen LogP contribution is -2.34. The van der Waals surface area contributed by atoms with Crippen LogP contribution in [0.5, 0.6) is 0 Å². The third-order valence-electron chi connectivity index (χ3n) is 4.12. The standard InChI is InChI=1S/C13H15N5O2/c14-7-9-6-12(18(19)20)13(15-8-9)16-10-3-5-17-4-1-2-11(10)17/h6,8,10-11H,1-5H2,(H,15,16). The van der Waals surface area contributed by atoms with E-state index in [0.29, 0.717) is 6.04 Å². The van der Waals surface area contributed by atoms with Crippen LogP contribution in [-0.2, 0) is 0 Å². The molecule has 0 saturated carbocycles. The third kappa shape index (κ3) is 2.18. The molecule has 3 heterocycles. The van der Waals surface area contributed by atoms with Crippen LogP contribution in [0.1, 0.15) is 24.8 Å². The van der Waals surface area contributed by atoms with Gasteiger partial charge in [-0.15, -0.1) is 0 Å². The lowest BCUT2D eigenvalue weighted by Gasteiger charge is -2.21. The Morgan fingerprint density at radius 1 is 1.50 bits per heavy atom. The van der Waals surface area contributed by atoms with Crippen molar-refractivity contribution in [1.29, 1.82) is 5.26 Å². The highest BCUT2D eigenvalue weighted by Crippen LogP contribution is 2.32. The fourth-order valence-electron chi connectivity index (χ4n) is 3.19. The Hall–Kier alpha value is -2.20. The van der Waals surface area contributed by atoms with E-state index in [0.717, 1.165) is 25.9 Å². The van der Waals surface area contributed by atoms with Gasteiger partial charge in [-0.1, -0.05) is 0 Å². The number of nitrogens with one attached hydrogen (secondary N) is 1. The molecular weight excluding hydrogens is 258 g/mol. The zero-order valence-electron chi connectivity index (χ0n) is 11.0. The van der Waals surface area contributed by atoms with Gasteiger partial charge in [0.15, 0.2) is 0 Å². The molecular formula is C13H15N5O2. The lowest BCUT2D eigenvalue weighted by atomic mass is 10.1. The Bertz CT molecular complexity index is 583. The molecule has 2 atom stereocenters. The monoisotopic (exact) mass is 273 g/mol. The topological polar surface area (TPSA) is 95.1 Å². The summed E-state index contributed by atoms with van der Waals surface area (Å²) in [7, 11) is 0. The molecule has 0 bridgehead atoms. The molecule has 2 saturated heterocycles. The van der Waals surface area contributed by atoms with Crippen molar-refractivity contribution >= 4 is 11.5 Å². The van der Waals surface area contributed by atoms with E-state index in [2.05, 4.69) is 15.2 Å². The Kier molecular flexibility index (Phi) is 3.24. The molecule has 2 unspecified atom stereocenters. The summed E-state index contributed by atoms with van der Waals surface area (Å²) >= 11 is 0. The first kappa shape index (κ1) is 12.8. The Labute approximate surface area is 116 Å². The van der Waals surface area contributed by atoms with Gasteiger partial charge in [-0.2, -0.15) is 5.26 Å². The van der Waals surface area contributed by atoms with Crippen LogP contribution in [0.25, 0.3) is 0 Å². The van der Waals surface area contributed by atoms with E-state index < -0.39 is 4.92 Å². The highest BCUT2D eigenvalue weighted by atomic mass is 16.6. The van der Waals surface area contributed by atoms with Crippen molar-refractivity contribution in [2.24, 2.45) is 0 Å². The number of nitrogens with zero attached hydrogens (tertiary/aromatic N) is 4.